The minimum absolute atomic E-state index is 0.156. The zero-order chi connectivity index (χ0) is 13.6. The van der Waals surface area contributed by atoms with E-state index in [-0.39, 0.29) is 12.8 Å². The highest BCUT2D eigenvalue weighted by Gasteiger charge is 2.36. The summed E-state index contributed by atoms with van der Waals surface area (Å²) >= 11 is 0. The molecule has 0 fully saturated rings. The molecule has 2 heterocycles. The molecule has 5 nitrogen and oxygen atoms in total. The lowest BCUT2D eigenvalue weighted by Gasteiger charge is -2.32. The average Bonchev–Trinajstić information content (AvgIpc) is 2.90. The van der Waals surface area contributed by atoms with Gasteiger partial charge in [-0.15, -0.1) is 0 Å². The van der Waals surface area contributed by atoms with Gasteiger partial charge in [-0.05, 0) is 13.3 Å². The molecule has 0 bridgehead atoms. The van der Waals surface area contributed by atoms with Crippen LogP contribution in [-0.4, -0.2) is 25.6 Å². The van der Waals surface area contributed by atoms with E-state index in [1.165, 1.54) is 0 Å². The van der Waals surface area contributed by atoms with E-state index in [4.69, 9.17) is 14.2 Å². The molecule has 104 valence electrons. The van der Waals surface area contributed by atoms with Gasteiger partial charge in [-0.1, -0.05) is 6.92 Å². The van der Waals surface area contributed by atoms with Crippen LogP contribution in [0, 0.1) is 6.92 Å². The maximum Gasteiger partial charge on any atom is 0.231 e. The number of hydrogen-bond acceptors (Lipinski definition) is 5. The summed E-state index contributed by atoms with van der Waals surface area (Å²) in [6.45, 7) is 4.79. The fourth-order valence-corrected chi connectivity index (χ4v) is 3.05. The van der Waals surface area contributed by atoms with Crippen LogP contribution in [0.15, 0.2) is 0 Å². The predicted octanol–water partition coefficient (Wildman–Crippen LogP) is 1.82. The minimum Gasteiger partial charge on any atom is -0.496 e. The van der Waals surface area contributed by atoms with E-state index in [9.17, 15) is 5.11 Å². The van der Waals surface area contributed by atoms with Crippen molar-refractivity contribution >= 4 is 0 Å². The molecule has 5 heteroatoms. The van der Waals surface area contributed by atoms with Crippen molar-refractivity contribution in [1.29, 1.82) is 0 Å². The number of aliphatic hydroxyl groups is 1. The van der Waals surface area contributed by atoms with Crippen LogP contribution in [0.25, 0.3) is 0 Å². The van der Waals surface area contributed by atoms with E-state index in [1.807, 2.05) is 6.92 Å². The summed E-state index contributed by atoms with van der Waals surface area (Å²) in [5.41, 5.74) is 2.72. The molecule has 0 radical (unpaired) electrons. The van der Waals surface area contributed by atoms with Crippen molar-refractivity contribution in [3.8, 4) is 17.2 Å². The first kappa shape index (κ1) is 12.6. The Morgan fingerprint density at radius 1 is 1.32 bits per heavy atom. The summed E-state index contributed by atoms with van der Waals surface area (Å²) in [7, 11) is 1.63. The van der Waals surface area contributed by atoms with Gasteiger partial charge in [-0.3, -0.25) is 0 Å². The molecule has 2 aliphatic rings. The Morgan fingerprint density at radius 3 is 2.74 bits per heavy atom. The number of fused-ring (bicyclic) bond motifs is 3. The lowest BCUT2D eigenvalue weighted by atomic mass is 9.87. The van der Waals surface area contributed by atoms with Gasteiger partial charge in [0.2, 0.25) is 6.79 Å². The highest BCUT2D eigenvalue weighted by atomic mass is 16.7. The molecule has 19 heavy (non-hydrogen) atoms. The lowest BCUT2D eigenvalue weighted by Crippen LogP contribution is -2.33. The molecule has 0 saturated heterocycles. The van der Waals surface area contributed by atoms with Crippen molar-refractivity contribution in [3.05, 3.63) is 16.7 Å². The molecule has 2 N–H and O–H groups in total. The van der Waals surface area contributed by atoms with Crippen LogP contribution in [0.4, 0.5) is 0 Å². The summed E-state index contributed by atoms with van der Waals surface area (Å²) in [6.07, 6.45) is 0.336. The van der Waals surface area contributed by atoms with Gasteiger partial charge < -0.3 is 24.6 Å². The quantitative estimate of drug-likeness (QED) is 0.854. The van der Waals surface area contributed by atoms with E-state index >= 15 is 0 Å². The van der Waals surface area contributed by atoms with Crippen LogP contribution in [0.1, 0.15) is 42.2 Å². The van der Waals surface area contributed by atoms with Gasteiger partial charge in [-0.25, -0.2) is 0 Å². The number of benzene rings is 1. The molecule has 1 aromatic carbocycles. The Hall–Kier alpha value is -1.46. The first-order chi connectivity index (χ1) is 9.19. The molecule has 0 amide bonds. The molecule has 0 aliphatic carbocycles. The zero-order valence-electron chi connectivity index (χ0n) is 11.4. The second-order valence-electron chi connectivity index (χ2n) is 4.94. The van der Waals surface area contributed by atoms with Gasteiger partial charge in [0.25, 0.3) is 0 Å². The Morgan fingerprint density at radius 2 is 2.05 bits per heavy atom. The van der Waals surface area contributed by atoms with Crippen molar-refractivity contribution < 1.29 is 19.3 Å². The van der Waals surface area contributed by atoms with Gasteiger partial charge in [0, 0.05) is 29.3 Å². The second-order valence-corrected chi connectivity index (χ2v) is 4.94. The minimum atomic E-state index is -0.582. The topological polar surface area (TPSA) is 60.0 Å². The molecule has 1 aromatic rings. The van der Waals surface area contributed by atoms with Crippen molar-refractivity contribution in [1.82, 2.24) is 5.32 Å². The highest BCUT2D eigenvalue weighted by Crippen LogP contribution is 2.52. The fraction of sp³-hybridized carbons (Fsp3) is 0.571. The normalized spacial score (nSPS) is 24.2. The van der Waals surface area contributed by atoms with Crippen molar-refractivity contribution in [2.75, 3.05) is 20.4 Å². The summed E-state index contributed by atoms with van der Waals surface area (Å²) in [6, 6.07) is 0.156. The highest BCUT2D eigenvalue weighted by molar-refractivity contribution is 5.65. The number of nitrogens with one attached hydrogen (secondary N) is 1. The molecular formula is C14H19NO4. The molecule has 0 aromatic heterocycles. The number of aliphatic hydroxyl groups excluding tert-OH is 1. The maximum atomic E-state index is 10.3. The molecule has 0 saturated carbocycles. The molecule has 2 aliphatic heterocycles. The van der Waals surface area contributed by atoms with Crippen LogP contribution in [0.2, 0.25) is 0 Å². The number of methoxy groups -OCH3 is 1. The summed E-state index contributed by atoms with van der Waals surface area (Å²) in [5.74, 6) is 2.21. The first-order valence-corrected chi connectivity index (χ1v) is 6.60. The molecule has 3 rings (SSSR count). The monoisotopic (exact) mass is 265 g/mol. The third kappa shape index (κ3) is 1.69. The van der Waals surface area contributed by atoms with E-state index < -0.39 is 6.10 Å². The van der Waals surface area contributed by atoms with Crippen LogP contribution >= 0.6 is 0 Å². The van der Waals surface area contributed by atoms with Crippen molar-refractivity contribution in [3.63, 3.8) is 0 Å². The van der Waals surface area contributed by atoms with Gasteiger partial charge in [0.15, 0.2) is 11.5 Å². The van der Waals surface area contributed by atoms with E-state index in [2.05, 4.69) is 12.2 Å². The van der Waals surface area contributed by atoms with Gasteiger partial charge in [-0.2, -0.15) is 0 Å². The summed E-state index contributed by atoms with van der Waals surface area (Å²) in [5, 5.41) is 13.6. The smallest absolute Gasteiger partial charge is 0.231 e. The van der Waals surface area contributed by atoms with Crippen LogP contribution in [0.5, 0.6) is 17.2 Å². The van der Waals surface area contributed by atoms with Crippen molar-refractivity contribution in [2.45, 2.75) is 32.4 Å². The molecule has 1 unspecified atom stereocenters. The van der Waals surface area contributed by atoms with E-state index in [0.29, 0.717) is 12.3 Å². The Labute approximate surface area is 112 Å². The molecular weight excluding hydrogens is 246 g/mol. The summed E-state index contributed by atoms with van der Waals surface area (Å²) < 4.78 is 16.7. The largest absolute Gasteiger partial charge is 0.496 e. The molecule has 2 atom stereocenters. The Kier molecular flexibility index (Phi) is 3.03. The zero-order valence-corrected chi connectivity index (χ0v) is 11.4. The molecule has 0 spiro atoms. The Balaban J connectivity index is 2.31. The maximum absolute atomic E-state index is 10.3. The average molecular weight is 265 g/mol. The summed E-state index contributed by atoms with van der Waals surface area (Å²) in [4.78, 5) is 0. The number of rotatable bonds is 2. The van der Waals surface area contributed by atoms with Crippen LogP contribution in [0.3, 0.4) is 0 Å². The fourth-order valence-electron chi connectivity index (χ4n) is 3.05. The van der Waals surface area contributed by atoms with Gasteiger partial charge in [0.1, 0.15) is 5.75 Å². The van der Waals surface area contributed by atoms with Crippen LogP contribution in [-0.2, 0) is 0 Å². The number of β-amino-alcohol motifs (C(OH)–C–C–N with tert-alkyl or cyclic N) is 1. The van der Waals surface area contributed by atoms with Gasteiger partial charge >= 0.3 is 0 Å². The first-order valence-electron chi connectivity index (χ1n) is 6.60. The van der Waals surface area contributed by atoms with Gasteiger partial charge in [0.05, 0.1) is 13.2 Å². The lowest BCUT2D eigenvalue weighted by molar-refractivity contribution is 0.148. The SMILES string of the molecule is CC[C@@H]1NCC(O)c2c(OC)c(C)c3c(c21)OCO3. The van der Waals surface area contributed by atoms with E-state index in [1.54, 1.807) is 7.11 Å². The second kappa shape index (κ2) is 4.58. The predicted molar refractivity (Wildman–Crippen MR) is 69.8 cm³/mol. The number of hydrogen-bond donors (Lipinski definition) is 2. The van der Waals surface area contributed by atoms with E-state index in [0.717, 1.165) is 34.6 Å². The van der Waals surface area contributed by atoms with Crippen LogP contribution < -0.4 is 19.5 Å². The third-order valence-electron chi connectivity index (χ3n) is 3.93. The number of ether oxygens (including phenoxy) is 3. The third-order valence-corrected chi connectivity index (χ3v) is 3.93. The van der Waals surface area contributed by atoms with Crippen molar-refractivity contribution in [2.24, 2.45) is 0 Å². The Bertz CT molecular complexity index is 515. The standard InChI is InChI=1S/C14H19NO4/c1-4-8-10-11(9(16)5-15-8)12(17-3)7(2)13-14(10)19-6-18-13/h8-9,15-16H,4-6H2,1-3H3/t8-,9?/m0/s1.